The zero-order chi connectivity index (χ0) is 15.5. The van der Waals surface area contributed by atoms with Crippen LogP contribution in [0, 0.1) is 0 Å². The number of rotatable bonds is 6. The van der Waals surface area contributed by atoms with Crippen molar-refractivity contribution in [1.82, 2.24) is 9.62 Å². The summed E-state index contributed by atoms with van der Waals surface area (Å²) in [5, 5.41) is 3.10. The molecule has 0 amide bonds. The second kappa shape index (κ2) is 6.43. The van der Waals surface area contributed by atoms with E-state index >= 15 is 0 Å². The molecule has 0 spiro atoms. The molecular formula is C15H20N2O3S. The Bertz CT molecular complexity index is 681. The van der Waals surface area contributed by atoms with Crippen LogP contribution >= 0.6 is 0 Å². The van der Waals surface area contributed by atoms with Crippen LogP contribution in [0.15, 0.2) is 52.0 Å². The predicted octanol–water partition coefficient (Wildman–Crippen LogP) is 2.38. The smallest absolute Gasteiger partial charge is 0.243 e. The van der Waals surface area contributed by atoms with Crippen LogP contribution in [0.3, 0.4) is 0 Å². The van der Waals surface area contributed by atoms with E-state index < -0.39 is 10.0 Å². The van der Waals surface area contributed by atoms with Gasteiger partial charge < -0.3 is 9.73 Å². The van der Waals surface area contributed by atoms with Crippen molar-refractivity contribution in [3.63, 3.8) is 0 Å². The van der Waals surface area contributed by atoms with Gasteiger partial charge in [0.15, 0.2) is 0 Å². The quantitative estimate of drug-likeness (QED) is 0.890. The summed E-state index contributed by atoms with van der Waals surface area (Å²) in [6.07, 6.45) is 1.53. The highest BCUT2D eigenvalue weighted by atomic mass is 32.2. The van der Waals surface area contributed by atoms with Crippen LogP contribution in [0.25, 0.3) is 0 Å². The maximum absolute atomic E-state index is 12.6. The Hall–Kier alpha value is -1.63. The summed E-state index contributed by atoms with van der Waals surface area (Å²) >= 11 is 0. The minimum absolute atomic E-state index is 0.0931. The summed E-state index contributed by atoms with van der Waals surface area (Å²) < 4.78 is 31.7. The van der Waals surface area contributed by atoms with E-state index in [0.717, 1.165) is 5.56 Å². The Morgan fingerprint density at radius 2 is 2.05 bits per heavy atom. The molecule has 0 aliphatic carbocycles. The number of hydrogen-bond acceptors (Lipinski definition) is 4. The Kier molecular flexibility index (Phi) is 4.82. The third-order valence-corrected chi connectivity index (χ3v) is 5.26. The van der Waals surface area contributed by atoms with Crippen molar-refractivity contribution in [1.29, 1.82) is 0 Å². The second-order valence-corrected chi connectivity index (χ2v) is 6.97. The second-order valence-electron chi connectivity index (χ2n) is 4.92. The molecule has 6 heteroatoms. The van der Waals surface area contributed by atoms with Gasteiger partial charge in [-0.1, -0.05) is 12.1 Å². The fourth-order valence-electron chi connectivity index (χ4n) is 2.00. The Balaban J connectivity index is 2.26. The minimum atomic E-state index is -3.53. The molecule has 1 unspecified atom stereocenters. The molecule has 1 N–H and O–H groups in total. The first-order valence-electron chi connectivity index (χ1n) is 6.71. The highest BCUT2D eigenvalue weighted by Gasteiger charge is 2.22. The largest absolute Gasteiger partial charge is 0.468 e. The van der Waals surface area contributed by atoms with E-state index in [0.29, 0.717) is 5.76 Å². The zero-order valence-corrected chi connectivity index (χ0v) is 13.2. The summed E-state index contributed by atoms with van der Waals surface area (Å²) in [6.45, 7) is 2.19. The van der Waals surface area contributed by atoms with Crippen LogP contribution in [-0.4, -0.2) is 26.8 Å². The molecule has 2 rings (SSSR count). The van der Waals surface area contributed by atoms with Crippen LogP contribution in [0.5, 0.6) is 0 Å². The number of benzene rings is 1. The van der Waals surface area contributed by atoms with Crippen molar-refractivity contribution < 1.29 is 12.8 Å². The lowest BCUT2D eigenvalue weighted by atomic mass is 10.1. The Morgan fingerprint density at radius 1 is 1.29 bits per heavy atom. The first-order chi connectivity index (χ1) is 9.95. The maximum Gasteiger partial charge on any atom is 0.243 e. The summed E-state index contributed by atoms with van der Waals surface area (Å²) in [6, 6.07) is 10.6. The Labute approximate surface area is 125 Å². The van der Waals surface area contributed by atoms with Gasteiger partial charge in [0.25, 0.3) is 0 Å². The fraction of sp³-hybridized carbons (Fsp3) is 0.333. The van der Waals surface area contributed by atoms with E-state index in [1.54, 1.807) is 37.4 Å². The molecule has 0 radical (unpaired) electrons. The molecular weight excluding hydrogens is 288 g/mol. The standard InChI is InChI=1S/C15H20N2O3S/c1-12(16-2)13-6-4-8-15(10-13)21(18,19)17(3)11-14-7-5-9-20-14/h4-10,12,16H,11H2,1-3H3. The van der Waals surface area contributed by atoms with Crippen molar-refractivity contribution in [2.24, 2.45) is 0 Å². The lowest BCUT2D eigenvalue weighted by molar-refractivity contribution is 0.406. The monoisotopic (exact) mass is 308 g/mol. The third-order valence-electron chi connectivity index (χ3n) is 3.46. The molecule has 1 heterocycles. The van der Waals surface area contributed by atoms with Crippen molar-refractivity contribution in [2.75, 3.05) is 14.1 Å². The van der Waals surface area contributed by atoms with Gasteiger partial charge in [-0.2, -0.15) is 4.31 Å². The van der Waals surface area contributed by atoms with Crippen molar-refractivity contribution in [3.8, 4) is 0 Å². The highest BCUT2D eigenvalue weighted by molar-refractivity contribution is 7.89. The molecule has 5 nitrogen and oxygen atoms in total. The maximum atomic E-state index is 12.6. The molecule has 0 aliphatic heterocycles. The summed E-state index contributed by atoms with van der Waals surface area (Å²) in [5.41, 5.74) is 0.935. The number of hydrogen-bond donors (Lipinski definition) is 1. The lowest BCUT2D eigenvalue weighted by Gasteiger charge is -2.17. The number of nitrogens with zero attached hydrogens (tertiary/aromatic N) is 1. The molecule has 2 aromatic rings. The number of nitrogens with one attached hydrogen (secondary N) is 1. The molecule has 0 saturated carbocycles. The van der Waals surface area contributed by atoms with Gasteiger partial charge in [0.1, 0.15) is 5.76 Å². The zero-order valence-electron chi connectivity index (χ0n) is 12.4. The molecule has 21 heavy (non-hydrogen) atoms. The molecule has 114 valence electrons. The molecule has 1 aromatic heterocycles. The molecule has 0 aliphatic rings. The molecule has 0 bridgehead atoms. The van der Waals surface area contributed by atoms with Gasteiger partial charge in [0.2, 0.25) is 10.0 Å². The first kappa shape index (κ1) is 15.8. The van der Waals surface area contributed by atoms with E-state index in [-0.39, 0.29) is 17.5 Å². The van der Waals surface area contributed by atoms with Gasteiger partial charge in [-0.05, 0) is 43.8 Å². The van der Waals surface area contributed by atoms with Crippen molar-refractivity contribution in [3.05, 3.63) is 54.0 Å². The van der Waals surface area contributed by atoms with Crippen molar-refractivity contribution >= 4 is 10.0 Å². The fourth-order valence-corrected chi connectivity index (χ4v) is 3.19. The van der Waals surface area contributed by atoms with Crippen LogP contribution in [-0.2, 0) is 16.6 Å². The van der Waals surface area contributed by atoms with E-state index in [1.165, 1.54) is 10.6 Å². The topological polar surface area (TPSA) is 62.6 Å². The molecule has 1 atom stereocenters. The lowest BCUT2D eigenvalue weighted by Crippen LogP contribution is -2.26. The Morgan fingerprint density at radius 3 is 2.67 bits per heavy atom. The first-order valence-corrected chi connectivity index (χ1v) is 8.15. The average molecular weight is 308 g/mol. The van der Waals surface area contributed by atoms with Gasteiger partial charge in [-0.15, -0.1) is 0 Å². The van der Waals surface area contributed by atoms with Crippen LogP contribution in [0.4, 0.5) is 0 Å². The number of furan rings is 1. The van der Waals surface area contributed by atoms with Gasteiger partial charge in [-0.3, -0.25) is 0 Å². The summed E-state index contributed by atoms with van der Waals surface area (Å²) in [7, 11) is -0.144. The predicted molar refractivity (Wildman–Crippen MR) is 81.3 cm³/mol. The SMILES string of the molecule is CNC(C)c1cccc(S(=O)(=O)N(C)Cc2ccco2)c1. The summed E-state index contributed by atoms with van der Waals surface area (Å²) in [5.74, 6) is 0.612. The molecule has 1 aromatic carbocycles. The minimum Gasteiger partial charge on any atom is -0.468 e. The normalized spacial score (nSPS) is 13.5. The van der Waals surface area contributed by atoms with E-state index in [4.69, 9.17) is 4.42 Å². The van der Waals surface area contributed by atoms with Gasteiger partial charge in [0, 0.05) is 13.1 Å². The van der Waals surface area contributed by atoms with Crippen molar-refractivity contribution in [2.45, 2.75) is 24.4 Å². The summed E-state index contributed by atoms with van der Waals surface area (Å²) in [4.78, 5) is 0.288. The van der Waals surface area contributed by atoms with Crippen LogP contribution in [0.1, 0.15) is 24.3 Å². The van der Waals surface area contributed by atoms with Gasteiger partial charge >= 0.3 is 0 Å². The van der Waals surface area contributed by atoms with Gasteiger partial charge in [-0.25, -0.2) is 8.42 Å². The average Bonchev–Trinajstić information content (AvgIpc) is 2.99. The van der Waals surface area contributed by atoms with E-state index in [2.05, 4.69) is 5.32 Å². The van der Waals surface area contributed by atoms with E-state index in [1.807, 2.05) is 20.0 Å². The van der Waals surface area contributed by atoms with Crippen LogP contribution in [0.2, 0.25) is 0 Å². The molecule has 0 saturated heterocycles. The third kappa shape index (κ3) is 3.53. The highest BCUT2D eigenvalue weighted by Crippen LogP contribution is 2.21. The van der Waals surface area contributed by atoms with Crippen LogP contribution < -0.4 is 5.32 Å². The number of sulfonamides is 1. The molecule has 0 fully saturated rings. The van der Waals surface area contributed by atoms with Gasteiger partial charge in [0.05, 0.1) is 17.7 Å². The van der Waals surface area contributed by atoms with E-state index in [9.17, 15) is 8.42 Å².